The van der Waals surface area contributed by atoms with Gasteiger partial charge in [-0.15, -0.1) is 0 Å². The number of rotatable bonds is 3. The first-order chi connectivity index (χ1) is 9.71. The summed E-state index contributed by atoms with van der Waals surface area (Å²) in [5.41, 5.74) is 6.83. The van der Waals surface area contributed by atoms with E-state index in [4.69, 9.17) is 15.2 Å². The van der Waals surface area contributed by atoms with E-state index in [0.29, 0.717) is 6.54 Å². The van der Waals surface area contributed by atoms with Crippen LogP contribution in [0.2, 0.25) is 0 Å². The van der Waals surface area contributed by atoms with Crippen LogP contribution in [0.3, 0.4) is 0 Å². The van der Waals surface area contributed by atoms with Gasteiger partial charge < -0.3 is 15.2 Å². The predicted molar refractivity (Wildman–Crippen MR) is 86.3 cm³/mol. The molecule has 1 spiro atoms. The van der Waals surface area contributed by atoms with Crippen molar-refractivity contribution in [3.05, 3.63) is 28.2 Å². The summed E-state index contributed by atoms with van der Waals surface area (Å²) in [5.74, 6) is 3.23. The molecule has 0 amide bonds. The molecule has 1 aromatic carbocycles. The fourth-order valence-corrected chi connectivity index (χ4v) is 4.79. The molecule has 2 atom stereocenters. The Balaban J connectivity index is 1.68. The fraction of sp³-hybridized carbons (Fsp3) is 0.600. The van der Waals surface area contributed by atoms with Crippen molar-refractivity contribution in [1.82, 2.24) is 0 Å². The van der Waals surface area contributed by atoms with Gasteiger partial charge in [0.05, 0.1) is 16.7 Å². The Morgan fingerprint density at radius 3 is 3.10 bits per heavy atom. The van der Waals surface area contributed by atoms with Crippen LogP contribution in [0.15, 0.2) is 22.7 Å². The van der Waals surface area contributed by atoms with Crippen LogP contribution in [0.5, 0.6) is 5.75 Å². The molecule has 20 heavy (non-hydrogen) atoms. The molecule has 110 valence electrons. The largest absolute Gasteiger partial charge is 0.489 e. The summed E-state index contributed by atoms with van der Waals surface area (Å²) in [6, 6.07) is 6.08. The second-order valence-electron chi connectivity index (χ2n) is 5.54. The number of halogens is 1. The van der Waals surface area contributed by atoms with E-state index in [2.05, 4.69) is 15.9 Å². The van der Waals surface area contributed by atoms with Crippen LogP contribution in [-0.2, 0) is 11.3 Å². The maximum absolute atomic E-state index is 6.20. The molecular weight excluding hydrogens is 338 g/mol. The zero-order valence-electron chi connectivity index (χ0n) is 11.4. The molecule has 0 saturated carbocycles. The van der Waals surface area contributed by atoms with Crippen molar-refractivity contribution in [3.8, 4) is 5.75 Å². The van der Waals surface area contributed by atoms with Crippen molar-refractivity contribution in [2.75, 3.05) is 18.1 Å². The number of hydrogen-bond donors (Lipinski definition) is 1. The molecule has 2 unspecified atom stereocenters. The summed E-state index contributed by atoms with van der Waals surface area (Å²) in [5, 5.41) is 0. The molecule has 0 bridgehead atoms. The molecule has 0 aliphatic carbocycles. The highest BCUT2D eigenvalue weighted by atomic mass is 79.9. The number of hydrogen-bond acceptors (Lipinski definition) is 4. The maximum Gasteiger partial charge on any atom is 0.133 e. The van der Waals surface area contributed by atoms with Crippen LogP contribution >= 0.6 is 27.7 Å². The van der Waals surface area contributed by atoms with Gasteiger partial charge >= 0.3 is 0 Å². The molecule has 2 saturated heterocycles. The Morgan fingerprint density at radius 1 is 1.50 bits per heavy atom. The summed E-state index contributed by atoms with van der Waals surface area (Å²) in [7, 11) is 0. The molecule has 3 rings (SSSR count). The van der Waals surface area contributed by atoms with Crippen molar-refractivity contribution < 1.29 is 9.47 Å². The van der Waals surface area contributed by atoms with Crippen molar-refractivity contribution in [2.45, 2.75) is 37.5 Å². The van der Waals surface area contributed by atoms with Gasteiger partial charge in [-0.2, -0.15) is 11.8 Å². The van der Waals surface area contributed by atoms with E-state index in [1.54, 1.807) is 0 Å². The minimum Gasteiger partial charge on any atom is -0.489 e. The molecule has 0 radical (unpaired) electrons. The monoisotopic (exact) mass is 357 g/mol. The molecule has 2 aliphatic rings. The van der Waals surface area contributed by atoms with Crippen LogP contribution in [0.4, 0.5) is 0 Å². The van der Waals surface area contributed by atoms with E-state index in [9.17, 15) is 0 Å². The average molecular weight is 358 g/mol. The molecule has 5 heteroatoms. The predicted octanol–water partition coefficient (Wildman–Crippen LogP) is 3.34. The standard InChI is InChI=1S/C15H20BrNO2S/c16-13-7-11(9-17)1-2-14(13)19-12-3-5-18-15(8-12)4-6-20-10-15/h1-2,7,12H,3-6,8-10,17H2. The second kappa shape index (κ2) is 6.26. The smallest absolute Gasteiger partial charge is 0.133 e. The molecule has 2 heterocycles. The molecule has 2 aliphatic heterocycles. The minimum atomic E-state index is 0.0667. The lowest BCUT2D eigenvalue weighted by atomic mass is 9.91. The first-order valence-electron chi connectivity index (χ1n) is 7.08. The van der Waals surface area contributed by atoms with Crippen molar-refractivity contribution in [2.24, 2.45) is 5.73 Å². The van der Waals surface area contributed by atoms with Gasteiger partial charge in [-0.05, 0) is 45.8 Å². The van der Waals surface area contributed by atoms with Gasteiger partial charge in [0, 0.05) is 25.1 Å². The summed E-state index contributed by atoms with van der Waals surface area (Å²) < 4.78 is 13.2. The molecule has 2 fully saturated rings. The van der Waals surface area contributed by atoms with Gasteiger partial charge in [0.2, 0.25) is 0 Å². The lowest BCUT2D eigenvalue weighted by Gasteiger charge is -2.37. The first-order valence-corrected chi connectivity index (χ1v) is 9.02. The normalized spacial score (nSPS) is 29.8. The third kappa shape index (κ3) is 3.16. The van der Waals surface area contributed by atoms with Gasteiger partial charge in [0.25, 0.3) is 0 Å². The number of nitrogens with two attached hydrogens (primary N) is 1. The molecule has 2 N–H and O–H groups in total. The van der Waals surface area contributed by atoms with E-state index in [-0.39, 0.29) is 11.7 Å². The summed E-state index contributed by atoms with van der Waals surface area (Å²) in [6.45, 7) is 1.36. The van der Waals surface area contributed by atoms with Crippen LogP contribution in [0, 0.1) is 0 Å². The number of benzene rings is 1. The Labute approximate surface area is 132 Å². The van der Waals surface area contributed by atoms with Gasteiger partial charge in [-0.3, -0.25) is 0 Å². The average Bonchev–Trinajstić information content (AvgIpc) is 2.89. The zero-order valence-corrected chi connectivity index (χ0v) is 13.8. The minimum absolute atomic E-state index is 0.0667. The number of ether oxygens (including phenoxy) is 2. The van der Waals surface area contributed by atoms with E-state index < -0.39 is 0 Å². The second-order valence-corrected chi connectivity index (χ2v) is 7.50. The molecular formula is C15H20BrNO2S. The lowest BCUT2D eigenvalue weighted by Crippen LogP contribution is -2.43. The van der Waals surface area contributed by atoms with Crippen LogP contribution in [0.1, 0.15) is 24.8 Å². The van der Waals surface area contributed by atoms with Crippen molar-refractivity contribution >= 4 is 27.7 Å². The highest BCUT2D eigenvalue weighted by molar-refractivity contribution is 9.10. The zero-order chi connectivity index (χ0) is 14.0. The van der Waals surface area contributed by atoms with E-state index >= 15 is 0 Å². The summed E-state index contributed by atoms with van der Waals surface area (Å²) in [4.78, 5) is 0. The van der Waals surface area contributed by atoms with Gasteiger partial charge in [-0.25, -0.2) is 0 Å². The highest BCUT2D eigenvalue weighted by Crippen LogP contribution is 2.40. The quantitative estimate of drug-likeness (QED) is 0.900. The van der Waals surface area contributed by atoms with Gasteiger partial charge in [0.15, 0.2) is 0 Å². The SMILES string of the molecule is NCc1ccc(OC2CCOC3(CCSC3)C2)c(Br)c1. The highest BCUT2D eigenvalue weighted by Gasteiger charge is 2.41. The third-order valence-electron chi connectivity index (χ3n) is 4.04. The third-order valence-corrected chi connectivity index (χ3v) is 5.88. The van der Waals surface area contributed by atoms with E-state index in [1.165, 1.54) is 5.75 Å². The maximum atomic E-state index is 6.20. The van der Waals surface area contributed by atoms with Crippen LogP contribution in [-0.4, -0.2) is 29.8 Å². The van der Waals surface area contributed by atoms with Crippen molar-refractivity contribution in [3.63, 3.8) is 0 Å². The van der Waals surface area contributed by atoms with Crippen LogP contribution < -0.4 is 10.5 Å². The Morgan fingerprint density at radius 2 is 2.40 bits per heavy atom. The topological polar surface area (TPSA) is 44.5 Å². The van der Waals surface area contributed by atoms with Crippen LogP contribution in [0.25, 0.3) is 0 Å². The summed E-state index contributed by atoms with van der Waals surface area (Å²) >= 11 is 5.57. The molecule has 1 aromatic rings. The first kappa shape index (κ1) is 14.7. The van der Waals surface area contributed by atoms with Gasteiger partial charge in [-0.1, -0.05) is 6.07 Å². The lowest BCUT2D eigenvalue weighted by molar-refractivity contribution is -0.0960. The number of thioether (sulfide) groups is 1. The Hall–Kier alpha value is -0.230. The van der Waals surface area contributed by atoms with E-state index in [0.717, 1.165) is 47.4 Å². The summed E-state index contributed by atoms with van der Waals surface area (Å²) in [6.07, 6.45) is 3.38. The molecule has 3 nitrogen and oxygen atoms in total. The fourth-order valence-electron chi connectivity index (χ4n) is 2.89. The van der Waals surface area contributed by atoms with Crippen molar-refractivity contribution in [1.29, 1.82) is 0 Å². The molecule has 0 aromatic heterocycles. The van der Waals surface area contributed by atoms with E-state index in [1.807, 2.05) is 30.0 Å². The van der Waals surface area contributed by atoms with Gasteiger partial charge in [0.1, 0.15) is 11.9 Å². The Kier molecular flexibility index (Phi) is 4.60. The Bertz CT molecular complexity index is 477.